The second kappa shape index (κ2) is 12.4. The number of alkyl halides is 2. The smallest absolute Gasteiger partial charge is 0.387 e. The van der Waals surface area contributed by atoms with E-state index in [2.05, 4.69) is 52.9 Å². The molecule has 0 spiro atoms. The van der Waals surface area contributed by atoms with Crippen LogP contribution in [0.3, 0.4) is 0 Å². The highest BCUT2D eigenvalue weighted by Gasteiger charge is 2.23. The number of tetrazole rings is 1. The van der Waals surface area contributed by atoms with Crippen LogP contribution in [0.2, 0.25) is 5.02 Å². The average Bonchev–Trinajstić information content (AvgIpc) is 3.72. The van der Waals surface area contributed by atoms with E-state index >= 15 is 0 Å². The fourth-order valence-electron chi connectivity index (χ4n) is 4.82. The summed E-state index contributed by atoms with van der Waals surface area (Å²) in [4.78, 5) is 22.2. The Morgan fingerprint density at radius 3 is 2.84 bits per heavy atom. The van der Waals surface area contributed by atoms with Crippen LogP contribution in [0, 0.1) is 0 Å². The van der Waals surface area contributed by atoms with E-state index in [-0.39, 0.29) is 39.8 Å². The zero-order valence-corrected chi connectivity index (χ0v) is 23.8. The SMILES string of the molecule is CN1CCN(CCn2nnnc2Cn2cc(NC(=O)c3cnn4cccnc34)c(-c3cc(Cl)ccc3OC(F)F)n2)CC1. The average molecular weight is 613 g/mol. The summed E-state index contributed by atoms with van der Waals surface area (Å²) in [6.45, 7) is 2.33. The molecule has 1 N–H and O–H groups in total. The monoisotopic (exact) mass is 612 g/mol. The molecule has 5 aromatic rings. The van der Waals surface area contributed by atoms with Gasteiger partial charge in [-0.15, -0.1) is 5.10 Å². The van der Waals surface area contributed by atoms with E-state index in [0.717, 1.165) is 32.7 Å². The van der Waals surface area contributed by atoms with Crippen LogP contribution in [-0.4, -0.2) is 107 Å². The molecule has 1 aliphatic rings. The number of anilines is 1. The second-order valence-corrected chi connectivity index (χ2v) is 10.4. The first-order valence-electron chi connectivity index (χ1n) is 13.4. The number of likely N-dealkylation sites (N-methyl/N-ethyl adjacent to an activating group) is 1. The van der Waals surface area contributed by atoms with Crippen molar-refractivity contribution < 1.29 is 18.3 Å². The normalized spacial score (nSPS) is 14.5. The Hall–Kier alpha value is -4.54. The third kappa shape index (κ3) is 6.45. The molecule has 17 heteroatoms. The van der Waals surface area contributed by atoms with Crippen LogP contribution in [0.1, 0.15) is 16.2 Å². The maximum absolute atomic E-state index is 13.4. The van der Waals surface area contributed by atoms with Gasteiger partial charge in [-0.2, -0.15) is 19.0 Å². The predicted octanol–water partition coefficient (Wildman–Crippen LogP) is 2.38. The molecule has 0 unspecified atom stereocenters. The number of carbonyl (C=O) groups is 1. The Morgan fingerprint density at radius 2 is 2.02 bits per heavy atom. The highest BCUT2D eigenvalue weighted by molar-refractivity contribution is 6.31. The standard InChI is InChI=1S/C26H27ClF2N12O2/c1-37-7-9-38(10-8-37)11-12-40-22(33-35-36-40)16-39-15-20(32-25(42)19-14-31-41-6-2-5-30-24(19)41)23(34-39)18-13-17(27)3-4-21(18)43-26(28)29/h2-6,13-15,26H,7-12,16H2,1H3,(H,32,42). The van der Waals surface area contributed by atoms with Crippen molar-refractivity contribution >= 4 is 28.8 Å². The fraction of sp³-hybridized carbons (Fsp3) is 0.346. The maximum atomic E-state index is 13.4. The molecule has 0 bridgehead atoms. The second-order valence-electron chi connectivity index (χ2n) is 9.97. The van der Waals surface area contributed by atoms with Gasteiger partial charge in [0, 0.05) is 61.9 Å². The van der Waals surface area contributed by atoms with Gasteiger partial charge >= 0.3 is 6.61 Å². The van der Waals surface area contributed by atoms with Gasteiger partial charge in [-0.05, 0) is 41.7 Å². The molecule has 1 aliphatic heterocycles. The van der Waals surface area contributed by atoms with E-state index in [1.54, 1.807) is 29.3 Å². The fourth-order valence-corrected chi connectivity index (χ4v) is 4.99. The molecule has 5 heterocycles. The number of rotatable bonds is 10. The Morgan fingerprint density at radius 1 is 1.19 bits per heavy atom. The number of ether oxygens (including phenoxy) is 1. The van der Waals surface area contributed by atoms with Gasteiger partial charge in [0.15, 0.2) is 11.5 Å². The highest BCUT2D eigenvalue weighted by atomic mass is 35.5. The van der Waals surface area contributed by atoms with E-state index in [4.69, 9.17) is 16.3 Å². The number of amides is 1. The van der Waals surface area contributed by atoms with E-state index in [9.17, 15) is 13.6 Å². The summed E-state index contributed by atoms with van der Waals surface area (Å²) in [6, 6.07) is 5.88. The largest absolute Gasteiger partial charge is 0.434 e. The minimum absolute atomic E-state index is 0.141. The van der Waals surface area contributed by atoms with Crippen molar-refractivity contribution in [3.8, 4) is 17.0 Å². The van der Waals surface area contributed by atoms with Crippen LogP contribution in [0.15, 0.2) is 49.1 Å². The number of piperazine rings is 1. The molecule has 224 valence electrons. The van der Waals surface area contributed by atoms with Crippen LogP contribution < -0.4 is 10.1 Å². The first kappa shape index (κ1) is 28.6. The van der Waals surface area contributed by atoms with Crippen molar-refractivity contribution in [3.63, 3.8) is 0 Å². The maximum Gasteiger partial charge on any atom is 0.387 e. The van der Waals surface area contributed by atoms with Gasteiger partial charge in [-0.1, -0.05) is 11.6 Å². The van der Waals surface area contributed by atoms with Crippen molar-refractivity contribution in [1.82, 2.24) is 54.4 Å². The molecular weight excluding hydrogens is 586 g/mol. The van der Waals surface area contributed by atoms with E-state index in [0.29, 0.717) is 18.0 Å². The summed E-state index contributed by atoms with van der Waals surface area (Å²) in [5.74, 6) is -0.150. The molecule has 0 radical (unpaired) electrons. The van der Waals surface area contributed by atoms with Gasteiger partial charge in [-0.25, -0.2) is 14.2 Å². The summed E-state index contributed by atoms with van der Waals surface area (Å²) in [6.07, 6.45) is 6.17. The topological polar surface area (TPSA) is 136 Å². The summed E-state index contributed by atoms with van der Waals surface area (Å²) in [5, 5.41) is 24.0. The molecule has 4 aromatic heterocycles. The Bertz CT molecular complexity index is 1730. The Balaban J connectivity index is 1.30. The van der Waals surface area contributed by atoms with Gasteiger partial charge in [0.1, 0.15) is 23.6 Å². The van der Waals surface area contributed by atoms with Gasteiger partial charge in [0.2, 0.25) is 0 Å². The zero-order chi connectivity index (χ0) is 29.9. The summed E-state index contributed by atoms with van der Waals surface area (Å²) >= 11 is 6.24. The quantitative estimate of drug-likeness (QED) is 0.250. The molecule has 6 rings (SSSR count). The zero-order valence-electron chi connectivity index (χ0n) is 23.0. The third-order valence-electron chi connectivity index (χ3n) is 7.08. The van der Waals surface area contributed by atoms with Crippen LogP contribution in [0.5, 0.6) is 5.75 Å². The van der Waals surface area contributed by atoms with Crippen LogP contribution in [0.25, 0.3) is 16.9 Å². The van der Waals surface area contributed by atoms with Gasteiger partial charge in [-0.3, -0.25) is 14.4 Å². The number of nitrogens with zero attached hydrogens (tertiary/aromatic N) is 11. The number of aromatic nitrogens is 9. The molecule has 1 aromatic carbocycles. The Labute approximate surface area is 248 Å². The number of fused-ring (bicyclic) bond motifs is 1. The minimum atomic E-state index is -3.09. The summed E-state index contributed by atoms with van der Waals surface area (Å²) in [5.41, 5.74) is 1.10. The minimum Gasteiger partial charge on any atom is -0.434 e. The highest BCUT2D eigenvalue weighted by Crippen LogP contribution is 2.37. The van der Waals surface area contributed by atoms with Crippen molar-refractivity contribution in [3.05, 3.63) is 65.5 Å². The molecule has 0 aliphatic carbocycles. The first-order valence-corrected chi connectivity index (χ1v) is 13.8. The van der Waals surface area contributed by atoms with Crippen molar-refractivity contribution in [2.45, 2.75) is 19.7 Å². The van der Waals surface area contributed by atoms with Gasteiger partial charge < -0.3 is 15.0 Å². The van der Waals surface area contributed by atoms with Crippen LogP contribution >= 0.6 is 11.6 Å². The lowest BCUT2D eigenvalue weighted by atomic mass is 10.1. The lowest BCUT2D eigenvalue weighted by Gasteiger charge is -2.32. The van der Waals surface area contributed by atoms with Gasteiger partial charge in [0.25, 0.3) is 5.91 Å². The van der Waals surface area contributed by atoms with Crippen LogP contribution in [-0.2, 0) is 13.1 Å². The van der Waals surface area contributed by atoms with Crippen molar-refractivity contribution in [1.29, 1.82) is 0 Å². The third-order valence-corrected chi connectivity index (χ3v) is 7.32. The number of hydrogen-bond acceptors (Lipinski definition) is 10. The molecule has 0 saturated carbocycles. The predicted molar refractivity (Wildman–Crippen MR) is 151 cm³/mol. The summed E-state index contributed by atoms with van der Waals surface area (Å²) < 4.78 is 36.0. The van der Waals surface area contributed by atoms with E-state index in [1.807, 2.05) is 0 Å². The molecule has 0 atom stereocenters. The molecule has 1 saturated heterocycles. The van der Waals surface area contributed by atoms with Crippen molar-refractivity contribution in [2.75, 3.05) is 45.1 Å². The molecular formula is C26H27ClF2N12O2. The molecule has 1 amide bonds. The van der Waals surface area contributed by atoms with E-state index in [1.165, 1.54) is 33.6 Å². The molecule has 43 heavy (non-hydrogen) atoms. The number of nitrogens with one attached hydrogen (secondary N) is 1. The molecule has 1 fully saturated rings. The van der Waals surface area contributed by atoms with Crippen molar-refractivity contribution in [2.24, 2.45) is 0 Å². The number of hydrogen-bond donors (Lipinski definition) is 1. The number of halogens is 3. The first-order chi connectivity index (χ1) is 20.8. The summed E-state index contributed by atoms with van der Waals surface area (Å²) in [7, 11) is 2.10. The Kier molecular flexibility index (Phi) is 8.22. The van der Waals surface area contributed by atoms with E-state index < -0.39 is 12.5 Å². The lowest BCUT2D eigenvalue weighted by molar-refractivity contribution is -0.0494. The number of benzene rings is 1. The number of carbonyl (C=O) groups excluding carboxylic acids is 1. The molecule has 14 nitrogen and oxygen atoms in total. The lowest BCUT2D eigenvalue weighted by Crippen LogP contribution is -2.45. The van der Waals surface area contributed by atoms with Crippen LogP contribution in [0.4, 0.5) is 14.5 Å². The van der Waals surface area contributed by atoms with Gasteiger partial charge in [0.05, 0.1) is 18.4 Å².